The number of amides is 1. The fourth-order valence-corrected chi connectivity index (χ4v) is 2.68. The van der Waals surface area contributed by atoms with Crippen LogP contribution in [0.3, 0.4) is 0 Å². The van der Waals surface area contributed by atoms with E-state index in [0.29, 0.717) is 18.7 Å². The average molecular weight is 385 g/mol. The lowest BCUT2D eigenvalue weighted by molar-refractivity contribution is -0.136. The minimum atomic E-state index is -4.48. The summed E-state index contributed by atoms with van der Waals surface area (Å²) in [5.41, 5.74) is 0.703. The zero-order valence-corrected chi connectivity index (χ0v) is 14.8. The molecule has 0 unspecified atom stereocenters. The van der Waals surface area contributed by atoms with Crippen LogP contribution < -0.4 is 10.6 Å². The van der Waals surface area contributed by atoms with Crippen LogP contribution in [0.25, 0.3) is 0 Å². The largest absolute Gasteiger partial charge is 0.418 e. The molecule has 0 saturated carbocycles. The van der Waals surface area contributed by atoms with Gasteiger partial charge in [-0.15, -0.1) is 0 Å². The van der Waals surface area contributed by atoms with Crippen LogP contribution >= 0.6 is 0 Å². The lowest BCUT2D eigenvalue weighted by Crippen LogP contribution is -2.26. The standard InChI is InChI=1S/C21H18F3N3O/c22-21(23,24)17-8-4-5-9-18(17)27-16-11-13-25-19(14-16)20(28)26-12-10-15-6-2-1-3-7-15/h1-9,11,13-14H,10,12H2,(H,25,27)(H,26,28). The Morgan fingerprint density at radius 1 is 0.964 bits per heavy atom. The SMILES string of the molecule is O=C(NCCc1ccccc1)c1cc(Nc2ccccc2C(F)(F)F)ccn1. The molecule has 4 nitrogen and oxygen atoms in total. The highest BCUT2D eigenvalue weighted by molar-refractivity contribution is 5.93. The van der Waals surface area contributed by atoms with Crippen LogP contribution in [0.1, 0.15) is 21.6 Å². The molecule has 2 N–H and O–H groups in total. The molecule has 3 aromatic rings. The quantitative estimate of drug-likeness (QED) is 0.640. The number of nitrogens with one attached hydrogen (secondary N) is 2. The molecule has 1 amide bonds. The number of nitrogens with zero attached hydrogens (tertiary/aromatic N) is 1. The van der Waals surface area contributed by atoms with E-state index >= 15 is 0 Å². The third kappa shape index (κ3) is 5.09. The second kappa shape index (κ2) is 8.56. The third-order valence-electron chi connectivity index (χ3n) is 4.05. The van der Waals surface area contributed by atoms with Crippen molar-refractivity contribution in [1.29, 1.82) is 0 Å². The lowest BCUT2D eigenvalue weighted by atomic mass is 10.1. The number of rotatable bonds is 6. The van der Waals surface area contributed by atoms with Crippen LogP contribution in [0, 0.1) is 0 Å². The van der Waals surface area contributed by atoms with Gasteiger partial charge in [-0.1, -0.05) is 42.5 Å². The number of pyridine rings is 1. The fraction of sp³-hybridized carbons (Fsp3) is 0.143. The number of anilines is 2. The molecule has 3 rings (SSSR count). The number of para-hydroxylation sites is 1. The van der Waals surface area contributed by atoms with Gasteiger partial charge in [0.15, 0.2) is 0 Å². The molecule has 0 aliphatic rings. The van der Waals surface area contributed by atoms with Crippen LogP contribution in [0.4, 0.5) is 24.5 Å². The molecule has 1 aromatic heterocycles. The van der Waals surface area contributed by atoms with E-state index < -0.39 is 11.7 Å². The Kier molecular flexibility index (Phi) is 5.93. The van der Waals surface area contributed by atoms with Gasteiger partial charge in [0.1, 0.15) is 5.69 Å². The van der Waals surface area contributed by atoms with Gasteiger partial charge in [0.2, 0.25) is 0 Å². The summed E-state index contributed by atoms with van der Waals surface area (Å²) in [6, 6.07) is 17.8. The average Bonchev–Trinajstić information content (AvgIpc) is 2.68. The zero-order chi connectivity index (χ0) is 20.0. The maximum Gasteiger partial charge on any atom is 0.418 e. The Bertz CT molecular complexity index is 943. The smallest absolute Gasteiger partial charge is 0.355 e. The zero-order valence-electron chi connectivity index (χ0n) is 14.8. The van der Waals surface area contributed by atoms with Crippen molar-refractivity contribution < 1.29 is 18.0 Å². The van der Waals surface area contributed by atoms with E-state index in [4.69, 9.17) is 0 Å². The highest BCUT2D eigenvalue weighted by atomic mass is 19.4. The normalized spacial score (nSPS) is 11.1. The number of alkyl halides is 3. The Morgan fingerprint density at radius 3 is 2.43 bits per heavy atom. The molecule has 0 atom stereocenters. The van der Waals surface area contributed by atoms with E-state index in [0.717, 1.165) is 11.6 Å². The molecule has 0 aliphatic heterocycles. The molecule has 144 valence electrons. The highest BCUT2D eigenvalue weighted by Crippen LogP contribution is 2.35. The molecule has 0 radical (unpaired) electrons. The predicted molar refractivity (Wildman–Crippen MR) is 101 cm³/mol. The van der Waals surface area contributed by atoms with E-state index in [9.17, 15) is 18.0 Å². The molecule has 28 heavy (non-hydrogen) atoms. The maximum atomic E-state index is 13.1. The molecule has 0 bridgehead atoms. The van der Waals surface area contributed by atoms with Crippen molar-refractivity contribution in [2.45, 2.75) is 12.6 Å². The van der Waals surface area contributed by atoms with Gasteiger partial charge in [0, 0.05) is 18.4 Å². The van der Waals surface area contributed by atoms with Gasteiger partial charge in [0.25, 0.3) is 5.91 Å². The molecular weight excluding hydrogens is 367 g/mol. The third-order valence-corrected chi connectivity index (χ3v) is 4.05. The van der Waals surface area contributed by atoms with Crippen LogP contribution in [-0.4, -0.2) is 17.4 Å². The van der Waals surface area contributed by atoms with E-state index in [1.165, 1.54) is 36.5 Å². The van der Waals surface area contributed by atoms with E-state index in [1.54, 1.807) is 0 Å². The minimum Gasteiger partial charge on any atom is -0.355 e. The van der Waals surface area contributed by atoms with Gasteiger partial charge in [-0.05, 0) is 36.2 Å². The maximum absolute atomic E-state index is 13.1. The number of hydrogen-bond acceptors (Lipinski definition) is 3. The summed E-state index contributed by atoms with van der Waals surface area (Å²) in [7, 11) is 0. The van der Waals surface area contributed by atoms with Gasteiger partial charge in [-0.3, -0.25) is 9.78 Å². The van der Waals surface area contributed by atoms with E-state index in [2.05, 4.69) is 15.6 Å². The van der Waals surface area contributed by atoms with Gasteiger partial charge >= 0.3 is 6.18 Å². The predicted octanol–water partition coefficient (Wildman–Crippen LogP) is 4.82. The molecular formula is C21H18F3N3O. The second-order valence-electron chi connectivity index (χ2n) is 6.09. The van der Waals surface area contributed by atoms with Crippen molar-refractivity contribution in [1.82, 2.24) is 10.3 Å². The molecule has 1 heterocycles. The number of benzene rings is 2. The van der Waals surface area contributed by atoms with Crippen molar-refractivity contribution in [3.8, 4) is 0 Å². The van der Waals surface area contributed by atoms with Crippen LogP contribution in [0.15, 0.2) is 72.9 Å². The van der Waals surface area contributed by atoms with Crippen LogP contribution in [0.2, 0.25) is 0 Å². The first kappa shape index (κ1) is 19.4. The van der Waals surface area contributed by atoms with Crippen molar-refractivity contribution in [2.24, 2.45) is 0 Å². The van der Waals surface area contributed by atoms with Crippen molar-refractivity contribution in [2.75, 3.05) is 11.9 Å². The topological polar surface area (TPSA) is 54.0 Å². The first-order valence-electron chi connectivity index (χ1n) is 8.65. The lowest BCUT2D eigenvalue weighted by Gasteiger charge is -2.14. The highest BCUT2D eigenvalue weighted by Gasteiger charge is 2.33. The summed E-state index contributed by atoms with van der Waals surface area (Å²) >= 11 is 0. The summed E-state index contributed by atoms with van der Waals surface area (Å²) in [6.45, 7) is 0.430. The number of carbonyl (C=O) groups excluding carboxylic acids is 1. The minimum absolute atomic E-state index is 0.0864. The Hall–Kier alpha value is -3.35. The summed E-state index contributed by atoms with van der Waals surface area (Å²) in [6.07, 6.45) is -2.43. The van der Waals surface area contributed by atoms with Gasteiger partial charge < -0.3 is 10.6 Å². The van der Waals surface area contributed by atoms with E-state index in [1.807, 2.05) is 30.3 Å². The summed E-state index contributed by atoms with van der Waals surface area (Å²) < 4.78 is 39.4. The first-order chi connectivity index (χ1) is 13.4. The molecule has 7 heteroatoms. The monoisotopic (exact) mass is 385 g/mol. The molecule has 0 aliphatic carbocycles. The summed E-state index contributed by atoms with van der Waals surface area (Å²) in [5, 5.41) is 5.48. The van der Waals surface area contributed by atoms with Gasteiger partial charge in [-0.2, -0.15) is 13.2 Å². The van der Waals surface area contributed by atoms with Crippen LogP contribution in [0.5, 0.6) is 0 Å². The van der Waals surface area contributed by atoms with Gasteiger partial charge in [0.05, 0.1) is 11.3 Å². The summed E-state index contributed by atoms with van der Waals surface area (Å²) in [4.78, 5) is 16.3. The number of halogens is 3. The molecule has 0 saturated heterocycles. The molecule has 0 spiro atoms. The Balaban J connectivity index is 1.66. The first-order valence-corrected chi connectivity index (χ1v) is 8.65. The Labute approximate surface area is 160 Å². The summed E-state index contributed by atoms with van der Waals surface area (Å²) in [5.74, 6) is -0.385. The number of carbonyl (C=O) groups is 1. The Morgan fingerprint density at radius 2 is 1.68 bits per heavy atom. The molecule has 2 aromatic carbocycles. The van der Waals surface area contributed by atoms with Crippen molar-refractivity contribution >= 4 is 17.3 Å². The molecule has 0 fully saturated rings. The van der Waals surface area contributed by atoms with Crippen molar-refractivity contribution in [3.05, 3.63) is 89.7 Å². The second-order valence-corrected chi connectivity index (χ2v) is 6.09. The van der Waals surface area contributed by atoms with Gasteiger partial charge in [-0.25, -0.2) is 0 Å². The van der Waals surface area contributed by atoms with E-state index in [-0.39, 0.29) is 17.3 Å². The number of hydrogen-bond donors (Lipinski definition) is 2. The fourth-order valence-electron chi connectivity index (χ4n) is 2.68. The van der Waals surface area contributed by atoms with Crippen molar-refractivity contribution in [3.63, 3.8) is 0 Å². The van der Waals surface area contributed by atoms with Crippen LogP contribution in [-0.2, 0) is 12.6 Å². The number of aromatic nitrogens is 1.